The molecule has 3 aromatic carbocycles. The van der Waals surface area contributed by atoms with Gasteiger partial charge in [0.25, 0.3) is 10.0 Å². The zero-order chi connectivity index (χ0) is 26.9. The Morgan fingerprint density at radius 2 is 1.87 bits per heavy atom. The van der Waals surface area contributed by atoms with E-state index in [2.05, 4.69) is 15.3 Å². The number of ether oxygens (including phenoxy) is 1. The summed E-state index contributed by atoms with van der Waals surface area (Å²) in [7, 11) is -2.36. The summed E-state index contributed by atoms with van der Waals surface area (Å²) >= 11 is 1.16. The highest BCUT2D eigenvalue weighted by Crippen LogP contribution is 2.43. The summed E-state index contributed by atoms with van der Waals surface area (Å²) < 4.78 is 34.1. The SMILES string of the molecule is COc1cccc(CN2c3ccccc3-c3nc(SCC(=O)Nc4cc(C)ccc4C)ncc3S2(=O)=O)c1. The molecule has 38 heavy (non-hydrogen) atoms. The van der Waals surface area contributed by atoms with E-state index in [0.717, 1.165) is 34.1 Å². The molecule has 0 spiro atoms. The molecule has 10 heteroatoms. The number of rotatable bonds is 7. The van der Waals surface area contributed by atoms with Crippen molar-refractivity contribution in [3.05, 3.63) is 89.6 Å². The van der Waals surface area contributed by atoms with Gasteiger partial charge in [0.1, 0.15) is 10.6 Å². The van der Waals surface area contributed by atoms with E-state index in [1.165, 1.54) is 10.5 Å². The summed E-state index contributed by atoms with van der Waals surface area (Å²) in [6.07, 6.45) is 1.33. The van der Waals surface area contributed by atoms with Gasteiger partial charge in [0.15, 0.2) is 5.16 Å². The van der Waals surface area contributed by atoms with Gasteiger partial charge in [0, 0.05) is 11.3 Å². The van der Waals surface area contributed by atoms with E-state index >= 15 is 0 Å². The molecule has 1 amide bonds. The number of carbonyl (C=O) groups is 1. The van der Waals surface area contributed by atoms with Gasteiger partial charge in [-0.05, 0) is 54.8 Å². The first-order chi connectivity index (χ1) is 18.3. The number of methoxy groups -OCH3 is 1. The summed E-state index contributed by atoms with van der Waals surface area (Å²) in [5, 5.41) is 3.25. The third kappa shape index (κ3) is 5.09. The van der Waals surface area contributed by atoms with Crippen LogP contribution >= 0.6 is 11.8 Å². The van der Waals surface area contributed by atoms with Gasteiger partial charge >= 0.3 is 0 Å². The topological polar surface area (TPSA) is 101 Å². The fourth-order valence-electron chi connectivity index (χ4n) is 4.24. The Balaban J connectivity index is 1.41. The van der Waals surface area contributed by atoms with Crippen LogP contribution in [0.4, 0.5) is 11.4 Å². The van der Waals surface area contributed by atoms with Gasteiger partial charge in [0.2, 0.25) is 5.91 Å². The molecule has 1 N–H and O–H groups in total. The van der Waals surface area contributed by atoms with Crippen molar-refractivity contribution in [2.75, 3.05) is 22.5 Å². The number of amides is 1. The molecule has 0 fully saturated rings. The molecule has 0 saturated heterocycles. The minimum absolute atomic E-state index is 0.0308. The number of thioether (sulfide) groups is 1. The van der Waals surface area contributed by atoms with E-state index in [1.807, 2.05) is 68.4 Å². The Labute approximate surface area is 226 Å². The molecule has 1 aliphatic rings. The van der Waals surface area contributed by atoms with Gasteiger partial charge in [-0.1, -0.05) is 54.2 Å². The highest BCUT2D eigenvalue weighted by molar-refractivity contribution is 7.99. The van der Waals surface area contributed by atoms with Crippen molar-refractivity contribution in [3.63, 3.8) is 0 Å². The number of nitrogens with zero attached hydrogens (tertiary/aromatic N) is 3. The zero-order valence-electron chi connectivity index (χ0n) is 21.1. The van der Waals surface area contributed by atoms with Gasteiger partial charge in [0.05, 0.1) is 37.0 Å². The number of aryl methyl sites for hydroxylation is 2. The van der Waals surface area contributed by atoms with Crippen LogP contribution in [0.5, 0.6) is 5.75 Å². The first-order valence-corrected chi connectivity index (χ1v) is 14.3. The third-order valence-corrected chi connectivity index (χ3v) is 8.81. The van der Waals surface area contributed by atoms with E-state index < -0.39 is 10.0 Å². The number of fused-ring (bicyclic) bond motifs is 3. The number of aromatic nitrogens is 2. The van der Waals surface area contributed by atoms with Crippen LogP contribution in [-0.4, -0.2) is 37.2 Å². The number of anilines is 2. The van der Waals surface area contributed by atoms with Crippen molar-refractivity contribution in [1.29, 1.82) is 0 Å². The Hall–Kier alpha value is -3.89. The van der Waals surface area contributed by atoms with E-state index in [0.29, 0.717) is 27.9 Å². The predicted molar refractivity (Wildman–Crippen MR) is 149 cm³/mol. The number of benzene rings is 3. The second kappa shape index (κ2) is 10.5. The molecule has 5 rings (SSSR count). The lowest BCUT2D eigenvalue weighted by atomic mass is 10.1. The molecule has 0 radical (unpaired) electrons. The summed E-state index contributed by atoms with van der Waals surface area (Å²) in [5.41, 5.74) is 5.12. The minimum atomic E-state index is -3.93. The molecule has 0 saturated carbocycles. The smallest absolute Gasteiger partial charge is 0.268 e. The summed E-state index contributed by atoms with van der Waals surface area (Å²) in [6, 6.07) is 20.4. The molecular weight excluding hydrogens is 520 g/mol. The molecule has 4 aromatic rings. The molecule has 0 unspecified atom stereocenters. The Bertz CT molecular complexity index is 1640. The summed E-state index contributed by atoms with van der Waals surface area (Å²) in [5.74, 6) is 0.544. The fraction of sp³-hybridized carbons (Fsp3) is 0.179. The van der Waals surface area contributed by atoms with E-state index in [4.69, 9.17) is 4.74 Å². The lowest BCUT2D eigenvalue weighted by Gasteiger charge is -2.31. The van der Waals surface area contributed by atoms with Gasteiger partial charge in [-0.3, -0.25) is 9.10 Å². The molecule has 2 heterocycles. The number of sulfonamides is 1. The maximum absolute atomic E-state index is 13.7. The van der Waals surface area contributed by atoms with Crippen molar-refractivity contribution >= 4 is 39.1 Å². The van der Waals surface area contributed by atoms with Crippen molar-refractivity contribution in [2.24, 2.45) is 0 Å². The van der Waals surface area contributed by atoms with Crippen LogP contribution in [-0.2, 0) is 21.4 Å². The van der Waals surface area contributed by atoms with E-state index in [9.17, 15) is 13.2 Å². The van der Waals surface area contributed by atoms with Gasteiger partial charge < -0.3 is 10.1 Å². The van der Waals surface area contributed by atoms with Crippen LogP contribution in [0.25, 0.3) is 11.3 Å². The average molecular weight is 547 g/mol. The number of hydrogen-bond acceptors (Lipinski definition) is 7. The van der Waals surface area contributed by atoms with Crippen LogP contribution in [0.3, 0.4) is 0 Å². The van der Waals surface area contributed by atoms with Gasteiger partial charge in [-0.2, -0.15) is 0 Å². The Morgan fingerprint density at radius 3 is 2.68 bits per heavy atom. The van der Waals surface area contributed by atoms with Crippen LogP contribution in [0.1, 0.15) is 16.7 Å². The molecule has 194 valence electrons. The lowest BCUT2D eigenvalue weighted by molar-refractivity contribution is -0.113. The highest BCUT2D eigenvalue weighted by atomic mass is 32.2. The van der Waals surface area contributed by atoms with Crippen LogP contribution < -0.4 is 14.4 Å². The van der Waals surface area contributed by atoms with Crippen LogP contribution in [0, 0.1) is 13.8 Å². The minimum Gasteiger partial charge on any atom is -0.497 e. The van der Waals surface area contributed by atoms with Crippen molar-refractivity contribution in [2.45, 2.75) is 30.4 Å². The van der Waals surface area contributed by atoms with Crippen molar-refractivity contribution in [1.82, 2.24) is 9.97 Å². The van der Waals surface area contributed by atoms with E-state index in [1.54, 1.807) is 19.2 Å². The van der Waals surface area contributed by atoms with Crippen molar-refractivity contribution < 1.29 is 17.9 Å². The second-order valence-electron chi connectivity index (χ2n) is 8.90. The normalized spacial score (nSPS) is 13.4. The standard InChI is InChI=1S/C28H26N4O4S2/c1-18-11-12-19(2)23(13-18)30-26(33)17-37-28-29-15-25-27(31-28)22-9-4-5-10-24(22)32(38(25,34)35)16-20-7-6-8-21(14-20)36-3/h4-15H,16-17H2,1-3H3,(H,30,33). The van der Waals surface area contributed by atoms with Crippen LogP contribution in [0.2, 0.25) is 0 Å². The van der Waals surface area contributed by atoms with Crippen molar-refractivity contribution in [3.8, 4) is 17.0 Å². The maximum atomic E-state index is 13.7. The average Bonchev–Trinajstić information content (AvgIpc) is 2.92. The largest absolute Gasteiger partial charge is 0.497 e. The summed E-state index contributed by atoms with van der Waals surface area (Å²) in [4.78, 5) is 21.5. The number of hydrogen-bond donors (Lipinski definition) is 1. The second-order valence-corrected chi connectivity index (χ2v) is 11.7. The fourth-order valence-corrected chi connectivity index (χ4v) is 6.42. The number of nitrogens with one attached hydrogen (secondary N) is 1. The van der Waals surface area contributed by atoms with Gasteiger partial charge in [-0.25, -0.2) is 18.4 Å². The highest BCUT2D eigenvalue weighted by Gasteiger charge is 2.36. The predicted octanol–water partition coefficient (Wildman–Crippen LogP) is 5.21. The summed E-state index contributed by atoms with van der Waals surface area (Å²) in [6.45, 7) is 4.03. The Morgan fingerprint density at radius 1 is 1.05 bits per heavy atom. The third-order valence-electron chi connectivity index (χ3n) is 6.19. The zero-order valence-corrected chi connectivity index (χ0v) is 22.8. The molecule has 8 nitrogen and oxygen atoms in total. The number of carbonyl (C=O) groups excluding carboxylic acids is 1. The maximum Gasteiger partial charge on any atom is 0.268 e. The first-order valence-electron chi connectivity index (χ1n) is 11.9. The van der Waals surface area contributed by atoms with Gasteiger partial charge in [-0.15, -0.1) is 0 Å². The first kappa shape index (κ1) is 25.7. The molecule has 0 atom stereocenters. The molecule has 1 aliphatic heterocycles. The lowest BCUT2D eigenvalue weighted by Crippen LogP contribution is -2.34. The van der Waals surface area contributed by atoms with E-state index in [-0.39, 0.29) is 23.1 Å². The monoisotopic (exact) mass is 546 g/mol. The number of para-hydroxylation sites is 1. The molecule has 1 aromatic heterocycles. The Kier molecular flexibility index (Phi) is 7.09. The van der Waals surface area contributed by atoms with Crippen LogP contribution in [0.15, 0.2) is 83.0 Å². The molecular formula is C28H26N4O4S2. The molecule has 0 aliphatic carbocycles. The molecule has 0 bridgehead atoms. The quantitative estimate of drug-likeness (QED) is 0.251.